The lowest BCUT2D eigenvalue weighted by Crippen LogP contribution is -2.68. The summed E-state index contributed by atoms with van der Waals surface area (Å²) in [5, 5.41) is 10.4. The molecular weight excluding hydrogens is 392 g/mol. The van der Waals surface area contributed by atoms with Gasteiger partial charge in [-0.15, -0.1) is 0 Å². The monoisotopic (exact) mass is 416 g/mol. The molecule has 1 unspecified atom stereocenters. The predicted octanol–water partition coefficient (Wildman–Crippen LogP) is 4.19. The number of halogens is 1. The number of nitrogens with zero attached hydrogens (tertiary/aromatic N) is 2. The predicted molar refractivity (Wildman–Crippen MR) is 110 cm³/mol. The number of carbonyl (C=O) groups excluding carboxylic acids is 2. The lowest BCUT2D eigenvalue weighted by molar-refractivity contribution is -0.167. The van der Waals surface area contributed by atoms with Crippen molar-refractivity contribution in [2.24, 2.45) is 11.8 Å². The van der Waals surface area contributed by atoms with Crippen molar-refractivity contribution in [1.29, 1.82) is 0 Å². The van der Waals surface area contributed by atoms with E-state index in [1.807, 2.05) is 55.5 Å². The Morgan fingerprint density at radius 1 is 1.28 bits per heavy atom. The number of allylic oxidation sites excluding steroid dienone is 4. The summed E-state index contributed by atoms with van der Waals surface area (Å²) in [7, 11) is 1.58. The van der Waals surface area contributed by atoms with Crippen molar-refractivity contribution < 1.29 is 19.5 Å². The molecule has 3 amide bonds. The van der Waals surface area contributed by atoms with Crippen molar-refractivity contribution in [3.05, 3.63) is 59.2 Å². The highest BCUT2D eigenvalue weighted by Crippen LogP contribution is 2.36. The molecule has 1 aromatic rings. The minimum atomic E-state index is -1.15. The number of carboxylic acid groups (broad SMARTS) is 1. The van der Waals surface area contributed by atoms with Crippen LogP contribution in [-0.4, -0.2) is 45.9 Å². The van der Waals surface area contributed by atoms with Crippen LogP contribution in [0.4, 0.5) is 4.79 Å². The summed E-state index contributed by atoms with van der Waals surface area (Å²) >= 11 is 6.05. The third-order valence-electron chi connectivity index (χ3n) is 5.80. The van der Waals surface area contributed by atoms with Gasteiger partial charge >= 0.3 is 12.0 Å². The standard InChI is InChI=1S/C22H25ClN2O4/c1-14(16-8-4-3-5-9-16)24(2)22(29)25-19(21(27)28)18(20(25)26)12-11-15-7-6-10-17(23)13-15/h3-10,14-15,18-19H,11-13H2,1-2H3,(H,27,28)/t14-,15?,18-,19+/m1/s1. The molecule has 1 fully saturated rings. The Morgan fingerprint density at radius 2 is 1.97 bits per heavy atom. The van der Waals surface area contributed by atoms with Gasteiger partial charge in [-0.2, -0.15) is 0 Å². The maximum absolute atomic E-state index is 12.9. The van der Waals surface area contributed by atoms with Crippen LogP contribution in [0.15, 0.2) is 53.6 Å². The third kappa shape index (κ3) is 4.37. The van der Waals surface area contributed by atoms with Crippen LogP contribution < -0.4 is 0 Å². The van der Waals surface area contributed by atoms with E-state index >= 15 is 0 Å². The molecule has 1 aliphatic carbocycles. The van der Waals surface area contributed by atoms with Gasteiger partial charge in [0.05, 0.1) is 12.0 Å². The second-order valence-corrected chi connectivity index (χ2v) is 8.10. The average molecular weight is 417 g/mol. The Bertz CT molecular complexity index is 852. The lowest BCUT2D eigenvalue weighted by atomic mass is 9.81. The number of amides is 3. The van der Waals surface area contributed by atoms with Crippen LogP contribution in [0.3, 0.4) is 0 Å². The Balaban J connectivity index is 1.65. The first-order chi connectivity index (χ1) is 13.8. The minimum Gasteiger partial charge on any atom is -0.480 e. The van der Waals surface area contributed by atoms with E-state index in [1.165, 1.54) is 4.90 Å². The van der Waals surface area contributed by atoms with Crippen molar-refractivity contribution in [2.75, 3.05) is 7.05 Å². The van der Waals surface area contributed by atoms with Gasteiger partial charge in [0.15, 0.2) is 6.04 Å². The number of β-lactam (4-membered cyclic amide) rings is 1. The van der Waals surface area contributed by atoms with Gasteiger partial charge in [-0.25, -0.2) is 14.5 Å². The molecule has 0 spiro atoms. The average Bonchev–Trinajstić information content (AvgIpc) is 2.71. The normalized spacial score (nSPS) is 24.5. The molecule has 0 radical (unpaired) electrons. The van der Waals surface area contributed by atoms with Crippen LogP contribution in [0.2, 0.25) is 0 Å². The van der Waals surface area contributed by atoms with Gasteiger partial charge in [-0.3, -0.25) is 4.79 Å². The van der Waals surface area contributed by atoms with Gasteiger partial charge in [0.1, 0.15) is 0 Å². The number of hydrogen-bond acceptors (Lipinski definition) is 3. The number of likely N-dealkylation sites (tertiary alicyclic amines) is 1. The fourth-order valence-electron chi connectivity index (χ4n) is 3.91. The third-order valence-corrected chi connectivity index (χ3v) is 6.08. The zero-order valence-corrected chi connectivity index (χ0v) is 17.2. The van der Waals surface area contributed by atoms with E-state index in [9.17, 15) is 19.5 Å². The zero-order valence-electron chi connectivity index (χ0n) is 16.5. The molecule has 29 heavy (non-hydrogen) atoms. The molecule has 1 saturated heterocycles. The summed E-state index contributed by atoms with van der Waals surface area (Å²) in [5.74, 6) is -2.08. The summed E-state index contributed by atoms with van der Waals surface area (Å²) in [6.45, 7) is 1.84. The van der Waals surface area contributed by atoms with Crippen LogP contribution in [0.1, 0.15) is 37.8 Å². The first-order valence-electron chi connectivity index (χ1n) is 9.71. The molecule has 1 heterocycles. The molecule has 2 aliphatic rings. The van der Waals surface area contributed by atoms with Crippen molar-refractivity contribution >= 4 is 29.5 Å². The number of hydrogen-bond donors (Lipinski definition) is 1. The molecule has 1 N–H and O–H groups in total. The van der Waals surface area contributed by atoms with Crippen LogP contribution in [0.25, 0.3) is 0 Å². The first-order valence-corrected chi connectivity index (χ1v) is 10.1. The van der Waals surface area contributed by atoms with E-state index in [0.717, 1.165) is 15.5 Å². The van der Waals surface area contributed by atoms with E-state index in [2.05, 4.69) is 0 Å². The van der Waals surface area contributed by atoms with E-state index in [1.54, 1.807) is 7.05 Å². The topological polar surface area (TPSA) is 77.9 Å². The molecular formula is C22H25ClN2O4. The molecule has 1 aromatic carbocycles. The molecule has 3 rings (SSSR count). The molecule has 4 atom stereocenters. The summed E-state index contributed by atoms with van der Waals surface area (Å²) in [4.78, 5) is 39.7. The highest BCUT2D eigenvalue weighted by molar-refractivity contribution is 6.29. The van der Waals surface area contributed by atoms with E-state index < -0.39 is 29.9 Å². The maximum Gasteiger partial charge on any atom is 0.327 e. The Hall–Kier alpha value is -2.60. The summed E-state index contributed by atoms with van der Waals surface area (Å²) in [6, 6.07) is 7.41. The summed E-state index contributed by atoms with van der Waals surface area (Å²) in [6.07, 6.45) is 7.48. The minimum absolute atomic E-state index is 0.181. The number of imide groups is 1. The summed E-state index contributed by atoms with van der Waals surface area (Å²) < 4.78 is 0. The lowest BCUT2D eigenvalue weighted by Gasteiger charge is -2.45. The zero-order chi connectivity index (χ0) is 21.1. The smallest absolute Gasteiger partial charge is 0.327 e. The van der Waals surface area contributed by atoms with E-state index in [-0.39, 0.29) is 12.0 Å². The highest BCUT2D eigenvalue weighted by Gasteiger charge is 2.55. The van der Waals surface area contributed by atoms with Crippen molar-refractivity contribution in [3.63, 3.8) is 0 Å². The Labute approximate surface area is 175 Å². The van der Waals surface area contributed by atoms with Crippen LogP contribution >= 0.6 is 11.6 Å². The fourth-order valence-corrected chi connectivity index (χ4v) is 4.18. The van der Waals surface area contributed by atoms with Gasteiger partial charge in [0.2, 0.25) is 5.91 Å². The Kier molecular flexibility index (Phi) is 6.42. The molecule has 154 valence electrons. The van der Waals surface area contributed by atoms with Crippen molar-refractivity contribution in [3.8, 4) is 0 Å². The number of benzene rings is 1. The van der Waals surface area contributed by atoms with E-state index in [4.69, 9.17) is 11.6 Å². The highest BCUT2D eigenvalue weighted by atomic mass is 35.5. The number of rotatable bonds is 6. The van der Waals surface area contributed by atoms with E-state index in [0.29, 0.717) is 19.3 Å². The largest absolute Gasteiger partial charge is 0.480 e. The fraction of sp³-hybridized carbons (Fsp3) is 0.409. The molecule has 7 heteroatoms. The van der Waals surface area contributed by atoms with Crippen molar-refractivity contribution in [2.45, 2.75) is 38.3 Å². The maximum atomic E-state index is 12.9. The van der Waals surface area contributed by atoms with Gasteiger partial charge in [0, 0.05) is 12.1 Å². The van der Waals surface area contributed by atoms with Gasteiger partial charge in [-0.05, 0) is 43.7 Å². The Morgan fingerprint density at radius 3 is 2.59 bits per heavy atom. The number of aliphatic carboxylic acids is 1. The second-order valence-electron chi connectivity index (χ2n) is 7.62. The number of carboxylic acids is 1. The first kappa shape index (κ1) is 21.1. The molecule has 0 aromatic heterocycles. The second kappa shape index (κ2) is 8.82. The summed E-state index contributed by atoms with van der Waals surface area (Å²) in [5.41, 5.74) is 0.911. The number of carbonyl (C=O) groups is 3. The van der Waals surface area contributed by atoms with Gasteiger partial charge < -0.3 is 10.0 Å². The van der Waals surface area contributed by atoms with Crippen LogP contribution in [0.5, 0.6) is 0 Å². The molecule has 1 aliphatic heterocycles. The molecule has 0 bridgehead atoms. The number of urea groups is 1. The van der Waals surface area contributed by atoms with Gasteiger partial charge in [0.25, 0.3) is 0 Å². The SMILES string of the molecule is C[C@H](c1ccccc1)N(C)C(=O)N1C(=O)[C@H](CCC2C=CC=C(Cl)C2)[C@H]1C(=O)O. The molecule has 0 saturated carbocycles. The molecule has 6 nitrogen and oxygen atoms in total. The van der Waals surface area contributed by atoms with Crippen molar-refractivity contribution in [1.82, 2.24) is 9.80 Å². The van der Waals surface area contributed by atoms with Gasteiger partial charge in [-0.1, -0.05) is 54.1 Å². The van der Waals surface area contributed by atoms with Crippen LogP contribution in [-0.2, 0) is 9.59 Å². The quantitative estimate of drug-likeness (QED) is 0.705. The van der Waals surface area contributed by atoms with Crippen LogP contribution in [0, 0.1) is 11.8 Å².